The molecule has 0 aromatic heterocycles. The van der Waals surface area contributed by atoms with Crippen LogP contribution in [0, 0.1) is 0 Å². The van der Waals surface area contributed by atoms with Gasteiger partial charge < -0.3 is 14.7 Å². The summed E-state index contributed by atoms with van der Waals surface area (Å²) in [5.41, 5.74) is 2.01. The van der Waals surface area contributed by atoms with Gasteiger partial charge in [0.25, 0.3) is 0 Å². The summed E-state index contributed by atoms with van der Waals surface area (Å²) in [5, 5.41) is 9.94. The largest absolute Gasteiger partial charge is 0.508 e. The molecule has 0 aliphatic heterocycles. The number of rotatable bonds is 5. The number of para-hydroxylation sites is 1. The van der Waals surface area contributed by atoms with E-state index in [1.165, 1.54) is 0 Å². The molecule has 3 nitrogen and oxygen atoms in total. The van der Waals surface area contributed by atoms with Gasteiger partial charge in [-0.25, -0.2) is 0 Å². The van der Waals surface area contributed by atoms with Gasteiger partial charge in [0, 0.05) is 24.3 Å². The highest BCUT2D eigenvalue weighted by atomic mass is 16.5. The number of hydrogen-bond acceptors (Lipinski definition) is 3. The van der Waals surface area contributed by atoms with Crippen LogP contribution >= 0.6 is 0 Å². The summed E-state index contributed by atoms with van der Waals surface area (Å²) in [6.45, 7) is 3.63. The monoisotopic (exact) mass is 257 g/mol. The summed E-state index contributed by atoms with van der Waals surface area (Å²) in [7, 11) is 1.63. The molecule has 0 atom stereocenters. The van der Waals surface area contributed by atoms with Crippen molar-refractivity contribution >= 4 is 5.69 Å². The van der Waals surface area contributed by atoms with E-state index in [1.807, 2.05) is 24.3 Å². The highest BCUT2D eigenvalue weighted by molar-refractivity contribution is 5.49. The van der Waals surface area contributed by atoms with E-state index < -0.39 is 0 Å². The van der Waals surface area contributed by atoms with E-state index in [2.05, 4.69) is 24.0 Å². The van der Waals surface area contributed by atoms with Crippen molar-refractivity contribution in [3.05, 3.63) is 54.1 Å². The maximum absolute atomic E-state index is 9.94. The molecule has 2 aromatic rings. The lowest BCUT2D eigenvalue weighted by Crippen LogP contribution is -2.21. The number of anilines is 1. The van der Waals surface area contributed by atoms with Crippen molar-refractivity contribution in [2.45, 2.75) is 13.5 Å². The van der Waals surface area contributed by atoms with Crippen molar-refractivity contribution < 1.29 is 9.84 Å². The SMILES string of the molecule is CCN(Cc1cc(OC)ccc1O)c1ccccc1. The quantitative estimate of drug-likeness (QED) is 0.890. The summed E-state index contributed by atoms with van der Waals surface area (Å²) in [6.07, 6.45) is 0. The fraction of sp³-hybridized carbons (Fsp3) is 0.250. The summed E-state index contributed by atoms with van der Waals surface area (Å²) < 4.78 is 5.20. The summed E-state index contributed by atoms with van der Waals surface area (Å²) in [4.78, 5) is 2.20. The van der Waals surface area contributed by atoms with E-state index in [0.29, 0.717) is 12.3 Å². The molecular formula is C16H19NO2. The van der Waals surface area contributed by atoms with Gasteiger partial charge in [-0.3, -0.25) is 0 Å². The second-order valence-corrected chi connectivity index (χ2v) is 4.34. The van der Waals surface area contributed by atoms with Gasteiger partial charge in [0.15, 0.2) is 0 Å². The normalized spacial score (nSPS) is 10.2. The van der Waals surface area contributed by atoms with Crippen LogP contribution in [-0.2, 0) is 6.54 Å². The van der Waals surface area contributed by atoms with E-state index in [-0.39, 0.29) is 0 Å². The van der Waals surface area contributed by atoms with Crippen LogP contribution in [0.15, 0.2) is 48.5 Å². The molecule has 3 heteroatoms. The van der Waals surface area contributed by atoms with Crippen molar-refractivity contribution in [1.29, 1.82) is 0 Å². The van der Waals surface area contributed by atoms with Crippen LogP contribution in [0.25, 0.3) is 0 Å². The Balaban J connectivity index is 2.23. The minimum atomic E-state index is 0.301. The zero-order chi connectivity index (χ0) is 13.7. The molecule has 0 saturated heterocycles. The van der Waals surface area contributed by atoms with Gasteiger partial charge in [0.2, 0.25) is 0 Å². The first kappa shape index (κ1) is 13.3. The maximum atomic E-state index is 9.94. The van der Waals surface area contributed by atoms with E-state index in [1.54, 1.807) is 19.2 Å². The van der Waals surface area contributed by atoms with Crippen LogP contribution in [-0.4, -0.2) is 18.8 Å². The fourth-order valence-electron chi connectivity index (χ4n) is 2.05. The number of aromatic hydroxyl groups is 1. The van der Waals surface area contributed by atoms with Crippen LogP contribution in [0.5, 0.6) is 11.5 Å². The Hall–Kier alpha value is -2.16. The topological polar surface area (TPSA) is 32.7 Å². The third-order valence-electron chi connectivity index (χ3n) is 3.15. The van der Waals surface area contributed by atoms with Crippen molar-refractivity contribution in [1.82, 2.24) is 0 Å². The summed E-state index contributed by atoms with van der Waals surface area (Å²) >= 11 is 0. The number of phenols is 1. The van der Waals surface area contributed by atoms with Crippen LogP contribution in [0.2, 0.25) is 0 Å². The lowest BCUT2D eigenvalue weighted by molar-refractivity contribution is 0.410. The molecule has 19 heavy (non-hydrogen) atoms. The van der Waals surface area contributed by atoms with Crippen molar-refractivity contribution in [3.8, 4) is 11.5 Å². The Kier molecular flexibility index (Phi) is 4.29. The van der Waals surface area contributed by atoms with Crippen molar-refractivity contribution in [3.63, 3.8) is 0 Å². The summed E-state index contributed by atoms with van der Waals surface area (Å²) in [6, 6.07) is 15.5. The average Bonchev–Trinajstić information content (AvgIpc) is 2.47. The maximum Gasteiger partial charge on any atom is 0.120 e. The molecule has 2 aromatic carbocycles. The highest BCUT2D eigenvalue weighted by Gasteiger charge is 2.09. The second-order valence-electron chi connectivity index (χ2n) is 4.34. The minimum absolute atomic E-state index is 0.301. The molecule has 0 fully saturated rings. The Morgan fingerprint density at radius 1 is 1.11 bits per heavy atom. The molecule has 0 amide bonds. The molecule has 0 aliphatic carbocycles. The average molecular weight is 257 g/mol. The third kappa shape index (κ3) is 3.19. The lowest BCUT2D eigenvalue weighted by Gasteiger charge is -2.23. The molecule has 0 saturated carbocycles. The number of nitrogens with zero attached hydrogens (tertiary/aromatic N) is 1. The van der Waals surface area contributed by atoms with E-state index in [9.17, 15) is 5.11 Å². The second kappa shape index (κ2) is 6.14. The third-order valence-corrected chi connectivity index (χ3v) is 3.15. The number of methoxy groups -OCH3 is 1. The number of benzene rings is 2. The van der Waals surface area contributed by atoms with Crippen molar-refractivity contribution in [2.24, 2.45) is 0 Å². The predicted molar refractivity (Wildman–Crippen MR) is 77.8 cm³/mol. The molecule has 0 spiro atoms. The first-order valence-corrected chi connectivity index (χ1v) is 6.40. The van der Waals surface area contributed by atoms with Gasteiger partial charge in [-0.05, 0) is 37.3 Å². The van der Waals surface area contributed by atoms with Crippen LogP contribution in [0.4, 0.5) is 5.69 Å². The molecule has 0 unspecified atom stereocenters. The lowest BCUT2D eigenvalue weighted by atomic mass is 10.1. The van der Waals surface area contributed by atoms with Gasteiger partial charge in [0.05, 0.1) is 7.11 Å². The number of phenolic OH excluding ortho intramolecular Hbond substituents is 1. The summed E-state index contributed by atoms with van der Waals surface area (Å²) in [5.74, 6) is 1.06. The molecule has 0 bridgehead atoms. The molecule has 100 valence electrons. The van der Waals surface area contributed by atoms with E-state index in [4.69, 9.17) is 4.74 Å². The molecule has 1 N–H and O–H groups in total. The molecular weight excluding hydrogens is 238 g/mol. The minimum Gasteiger partial charge on any atom is -0.508 e. The fourth-order valence-corrected chi connectivity index (χ4v) is 2.05. The van der Waals surface area contributed by atoms with Crippen LogP contribution in [0.3, 0.4) is 0 Å². The Bertz CT molecular complexity index is 526. The van der Waals surface area contributed by atoms with Crippen molar-refractivity contribution in [2.75, 3.05) is 18.6 Å². The van der Waals surface area contributed by atoms with E-state index >= 15 is 0 Å². The Labute approximate surface area is 114 Å². The van der Waals surface area contributed by atoms with Crippen LogP contribution < -0.4 is 9.64 Å². The molecule has 0 radical (unpaired) electrons. The van der Waals surface area contributed by atoms with Gasteiger partial charge in [0.1, 0.15) is 11.5 Å². The van der Waals surface area contributed by atoms with E-state index in [0.717, 1.165) is 23.5 Å². The predicted octanol–water partition coefficient (Wildman–Crippen LogP) is 3.43. The Morgan fingerprint density at radius 2 is 1.84 bits per heavy atom. The highest BCUT2D eigenvalue weighted by Crippen LogP contribution is 2.26. The smallest absolute Gasteiger partial charge is 0.120 e. The standard InChI is InChI=1S/C16H19NO2/c1-3-17(14-7-5-4-6-8-14)12-13-11-15(19-2)9-10-16(13)18/h4-11,18H,3,12H2,1-2H3. The van der Waals surface area contributed by atoms with Gasteiger partial charge in [-0.2, -0.15) is 0 Å². The zero-order valence-electron chi connectivity index (χ0n) is 11.3. The van der Waals surface area contributed by atoms with Crippen LogP contribution in [0.1, 0.15) is 12.5 Å². The molecule has 0 aliphatic rings. The molecule has 0 heterocycles. The number of ether oxygens (including phenoxy) is 1. The van der Waals surface area contributed by atoms with Gasteiger partial charge in [-0.15, -0.1) is 0 Å². The first-order chi connectivity index (χ1) is 9.24. The Morgan fingerprint density at radius 3 is 2.47 bits per heavy atom. The zero-order valence-corrected chi connectivity index (χ0v) is 11.3. The van der Waals surface area contributed by atoms with Gasteiger partial charge >= 0.3 is 0 Å². The first-order valence-electron chi connectivity index (χ1n) is 6.40. The number of hydrogen-bond donors (Lipinski definition) is 1. The van der Waals surface area contributed by atoms with Gasteiger partial charge in [-0.1, -0.05) is 18.2 Å². The molecule has 2 rings (SSSR count).